The fourth-order valence-electron chi connectivity index (χ4n) is 3.52. The van der Waals surface area contributed by atoms with Crippen molar-refractivity contribution in [1.29, 1.82) is 0 Å². The zero-order valence-electron chi connectivity index (χ0n) is 17.4. The van der Waals surface area contributed by atoms with E-state index >= 15 is 0 Å². The maximum Gasteiger partial charge on any atom is 0.248 e. The number of hydrogen-bond acceptors (Lipinski definition) is 6. The Balaban J connectivity index is 1.79. The highest BCUT2D eigenvalue weighted by atomic mass is 32.2. The minimum Gasteiger partial charge on any atom is -0.375 e. The molecule has 0 spiro atoms. The fraction of sp³-hybridized carbons (Fsp3) is 0.381. The molecule has 1 aliphatic rings. The second-order valence-corrected chi connectivity index (χ2v) is 11.1. The number of nitrogens with one attached hydrogen (secondary N) is 1. The van der Waals surface area contributed by atoms with Crippen molar-refractivity contribution in [3.8, 4) is 0 Å². The highest BCUT2D eigenvalue weighted by Gasteiger charge is 2.28. The van der Waals surface area contributed by atoms with E-state index in [2.05, 4.69) is 4.72 Å². The van der Waals surface area contributed by atoms with Crippen molar-refractivity contribution in [3.05, 3.63) is 54.1 Å². The second kappa shape index (κ2) is 9.47. The summed E-state index contributed by atoms with van der Waals surface area (Å²) in [7, 11) is -6.34. The number of carbonyl (C=O) groups excluding carboxylic acids is 1. The molecule has 1 aliphatic heterocycles. The van der Waals surface area contributed by atoms with Crippen LogP contribution in [-0.4, -0.2) is 60.5 Å². The van der Waals surface area contributed by atoms with Crippen molar-refractivity contribution in [1.82, 2.24) is 9.62 Å². The summed E-state index contributed by atoms with van der Waals surface area (Å²) in [4.78, 5) is 13.5. The highest BCUT2D eigenvalue weighted by Crippen LogP contribution is 2.26. The molecule has 8 nitrogen and oxygen atoms in total. The third-order valence-electron chi connectivity index (χ3n) is 5.25. The molecule has 2 aromatic rings. The molecule has 0 radical (unpaired) electrons. The third kappa shape index (κ3) is 5.32. The molecule has 1 saturated heterocycles. The molecule has 10 heteroatoms. The number of aryl methyl sites for hydroxylation is 1. The smallest absolute Gasteiger partial charge is 0.248 e. The highest BCUT2D eigenvalue weighted by molar-refractivity contribution is 7.91. The van der Waals surface area contributed by atoms with Crippen LogP contribution >= 0.6 is 0 Å². The van der Waals surface area contributed by atoms with Gasteiger partial charge in [-0.25, -0.2) is 21.6 Å². The Labute approximate surface area is 183 Å². The lowest BCUT2D eigenvalue weighted by molar-refractivity contribution is -0.136. The summed E-state index contributed by atoms with van der Waals surface area (Å²) in [5.74, 6) is -0.126. The number of rotatable bonds is 7. The van der Waals surface area contributed by atoms with Crippen LogP contribution < -0.4 is 4.72 Å². The number of ether oxygens (including phenoxy) is 1. The molecule has 168 valence electrons. The summed E-state index contributed by atoms with van der Waals surface area (Å²) < 4.78 is 59.4. The molecule has 0 atom stereocenters. The van der Waals surface area contributed by atoms with Gasteiger partial charge in [0.1, 0.15) is 6.61 Å². The number of hydrogen-bond donors (Lipinski definition) is 1. The molecule has 0 aliphatic carbocycles. The van der Waals surface area contributed by atoms with Crippen molar-refractivity contribution in [3.63, 3.8) is 0 Å². The number of piperidine rings is 1. The molecule has 1 fully saturated rings. The molecule has 0 unspecified atom stereocenters. The summed E-state index contributed by atoms with van der Waals surface area (Å²) >= 11 is 0. The van der Waals surface area contributed by atoms with Gasteiger partial charge in [0.05, 0.1) is 14.7 Å². The maximum atomic E-state index is 13.0. The first-order valence-corrected chi connectivity index (χ1v) is 12.8. The Morgan fingerprint density at radius 2 is 1.68 bits per heavy atom. The van der Waals surface area contributed by atoms with Crippen molar-refractivity contribution in [2.24, 2.45) is 0 Å². The summed E-state index contributed by atoms with van der Waals surface area (Å²) in [6, 6.07) is 11.7. The van der Waals surface area contributed by atoms with E-state index < -0.39 is 19.9 Å². The lowest BCUT2D eigenvalue weighted by Crippen LogP contribution is -2.47. The van der Waals surface area contributed by atoms with Gasteiger partial charge >= 0.3 is 0 Å². The average molecular weight is 467 g/mol. The Morgan fingerprint density at radius 3 is 2.29 bits per heavy atom. The van der Waals surface area contributed by atoms with Gasteiger partial charge < -0.3 is 9.64 Å². The van der Waals surface area contributed by atoms with Crippen LogP contribution in [0.5, 0.6) is 0 Å². The van der Waals surface area contributed by atoms with E-state index in [1.165, 1.54) is 37.4 Å². The number of benzene rings is 2. The van der Waals surface area contributed by atoms with Crippen LogP contribution in [0, 0.1) is 6.92 Å². The first-order chi connectivity index (χ1) is 14.6. The first kappa shape index (κ1) is 23.4. The lowest BCUT2D eigenvalue weighted by atomic mass is 10.1. The number of nitrogens with zero attached hydrogens (tertiary/aromatic N) is 1. The molecule has 31 heavy (non-hydrogen) atoms. The summed E-state index contributed by atoms with van der Waals surface area (Å²) in [6.45, 7) is 2.48. The van der Waals surface area contributed by atoms with E-state index in [0.29, 0.717) is 31.5 Å². The summed E-state index contributed by atoms with van der Waals surface area (Å²) in [5, 5.41) is 0. The van der Waals surface area contributed by atoms with Gasteiger partial charge in [-0.1, -0.05) is 24.3 Å². The normalized spacial score (nSPS) is 15.7. The Bertz CT molecular complexity index is 1140. The van der Waals surface area contributed by atoms with E-state index in [0.717, 1.165) is 0 Å². The molecule has 2 aromatic carbocycles. The second-order valence-electron chi connectivity index (χ2n) is 7.45. The monoisotopic (exact) mass is 466 g/mol. The van der Waals surface area contributed by atoms with Crippen LogP contribution in [0.4, 0.5) is 0 Å². The number of sulfone groups is 1. The van der Waals surface area contributed by atoms with Crippen molar-refractivity contribution < 1.29 is 26.4 Å². The lowest BCUT2D eigenvalue weighted by Gasteiger charge is -2.32. The van der Waals surface area contributed by atoms with Gasteiger partial charge in [-0.3, -0.25) is 4.79 Å². The molecule has 0 bridgehead atoms. The van der Waals surface area contributed by atoms with Gasteiger partial charge in [-0.2, -0.15) is 0 Å². The van der Waals surface area contributed by atoms with Gasteiger partial charge in [0.25, 0.3) is 0 Å². The minimum atomic E-state index is -3.95. The van der Waals surface area contributed by atoms with E-state index in [1.54, 1.807) is 30.0 Å². The number of amides is 1. The first-order valence-electron chi connectivity index (χ1n) is 9.85. The zero-order valence-corrected chi connectivity index (χ0v) is 19.1. The number of likely N-dealkylation sites (tertiary alicyclic amines) is 1. The molecule has 1 N–H and O–H groups in total. The van der Waals surface area contributed by atoms with Gasteiger partial charge in [-0.05, 0) is 49.6 Å². The van der Waals surface area contributed by atoms with Crippen molar-refractivity contribution in [2.45, 2.75) is 40.5 Å². The van der Waals surface area contributed by atoms with Crippen LogP contribution in [0.1, 0.15) is 18.4 Å². The summed E-state index contributed by atoms with van der Waals surface area (Å²) in [5.41, 5.74) is 0.451. The molecular weight excluding hydrogens is 440 g/mol. The minimum absolute atomic E-state index is 0.00172. The number of methoxy groups -OCH3 is 1. The molecule has 3 rings (SSSR count). The molecule has 0 aromatic heterocycles. The largest absolute Gasteiger partial charge is 0.375 e. The SMILES string of the molecule is COCC(=O)N1CCC(NS(=O)(=O)c2cc(S(=O)(=O)c3ccccc3)ccc2C)CC1. The molecule has 1 heterocycles. The van der Waals surface area contributed by atoms with E-state index in [9.17, 15) is 21.6 Å². The molecule has 1 amide bonds. The van der Waals surface area contributed by atoms with Gasteiger partial charge in [-0.15, -0.1) is 0 Å². The Kier molecular flexibility index (Phi) is 7.15. The van der Waals surface area contributed by atoms with Crippen molar-refractivity contribution >= 4 is 25.8 Å². The molecule has 0 saturated carbocycles. The average Bonchev–Trinajstić information content (AvgIpc) is 2.75. The zero-order chi connectivity index (χ0) is 22.6. The van der Waals surface area contributed by atoms with Crippen LogP contribution in [0.25, 0.3) is 0 Å². The standard InChI is InChI=1S/C21H26N2O6S2/c1-16-8-9-19(30(25,26)18-6-4-3-5-7-18)14-20(16)31(27,28)22-17-10-12-23(13-11-17)21(24)15-29-2/h3-9,14,17,22H,10-13,15H2,1-2H3. The molecular formula is C21H26N2O6S2. The Hall–Kier alpha value is -2.27. The van der Waals surface area contributed by atoms with E-state index in [4.69, 9.17) is 4.74 Å². The predicted octanol–water partition coefficient (Wildman–Crippen LogP) is 1.74. The van der Waals surface area contributed by atoms with Crippen LogP contribution in [-0.2, 0) is 29.4 Å². The van der Waals surface area contributed by atoms with Gasteiger partial charge in [0.2, 0.25) is 25.8 Å². The quantitative estimate of drug-likeness (QED) is 0.666. The topological polar surface area (TPSA) is 110 Å². The van der Waals surface area contributed by atoms with Crippen molar-refractivity contribution in [2.75, 3.05) is 26.8 Å². The number of sulfonamides is 1. The maximum absolute atomic E-state index is 13.0. The third-order valence-corrected chi connectivity index (χ3v) is 8.68. The van der Waals surface area contributed by atoms with Crippen LogP contribution in [0.15, 0.2) is 63.2 Å². The Morgan fingerprint density at radius 1 is 1.03 bits per heavy atom. The number of carbonyl (C=O) groups is 1. The van der Waals surface area contributed by atoms with Crippen LogP contribution in [0.2, 0.25) is 0 Å². The van der Waals surface area contributed by atoms with E-state index in [1.807, 2.05) is 0 Å². The fourth-order valence-corrected chi connectivity index (χ4v) is 6.48. The predicted molar refractivity (Wildman–Crippen MR) is 115 cm³/mol. The van der Waals surface area contributed by atoms with Gasteiger partial charge in [0.15, 0.2) is 0 Å². The van der Waals surface area contributed by atoms with Crippen LogP contribution in [0.3, 0.4) is 0 Å². The van der Waals surface area contributed by atoms with Gasteiger partial charge in [0, 0.05) is 26.2 Å². The summed E-state index contributed by atoms with van der Waals surface area (Å²) in [6.07, 6.45) is 0.936. The van der Waals surface area contributed by atoms with E-state index in [-0.39, 0.29) is 33.2 Å².